The second-order valence-electron chi connectivity index (χ2n) is 4.72. The van der Waals surface area contributed by atoms with Crippen molar-refractivity contribution in [3.8, 4) is 0 Å². The molecular formula is C12H16N4OS. The number of pyridine rings is 1. The van der Waals surface area contributed by atoms with Crippen LogP contribution in [0, 0.1) is 17.6 Å². The highest BCUT2D eigenvalue weighted by atomic mass is 32.1. The number of aryl methyl sites for hydroxylation is 1. The first-order valence-corrected chi connectivity index (χ1v) is 6.20. The van der Waals surface area contributed by atoms with Gasteiger partial charge in [0.2, 0.25) is 5.91 Å². The molecule has 3 N–H and O–H groups in total. The first-order valence-electron chi connectivity index (χ1n) is 5.79. The number of nitrogens with two attached hydrogens (primary N) is 1. The molecule has 0 radical (unpaired) electrons. The summed E-state index contributed by atoms with van der Waals surface area (Å²) in [5.41, 5.74) is 7.85. The summed E-state index contributed by atoms with van der Waals surface area (Å²) in [5.74, 6) is -0.346. The van der Waals surface area contributed by atoms with Crippen molar-refractivity contribution in [1.29, 1.82) is 0 Å². The average Bonchev–Trinajstić information content (AvgIpc) is 2.55. The summed E-state index contributed by atoms with van der Waals surface area (Å²) in [6.07, 6.45) is 0. The molecule has 1 amide bonds. The molecule has 1 unspecified atom stereocenters. The van der Waals surface area contributed by atoms with Gasteiger partial charge in [0.25, 0.3) is 0 Å². The maximum Gasteiger partial charge on any atom is 0.240 e. The topological polar surface area (TPSA) is 76.7 Å². The van der Waals surface area contributed by atoms with E-state index in [9.17, 15) is 4.79 Å². The number of nitrogens with one attached hydrogen (secondary N) is 1. The lowest BCUT2D eigenvalue weighted by Gasteiger charge is -2.19. The van der Waals surface area contributed by atoms with Crippen molar-refractivity contribution >= 4 is 29.3 Å². The minimum Gasteiger partial charge on any atom is -0.368 e. The van der Waals surface area contributed by atoms with E-state index in [1.165, 1.54) is 0 Å². The summed E-state index contributed by atoms with van der Waals surface area (Å²) in [5, 5.41) is 0. The SMILES string of the molecule is Cc1ccc2[nH]c(=S)n(C(C(N)=O)C(C)C)c2n1. The molecular weight excluding hydrogens is 248 g/mol. The van der Waals surface area contributed by atoms with Crippen LogP contribution in [0.1, 0.15) is 25.6 Å². The lowest BCUT2D eigenvalue weighted by molar-refractivity contribution is -0.122. The fourth-order valence-electron chi connectivity index (χ4n) is 2.11. The Balaban J connectivity index is 2.76. The smallest absolute Gasteiger partial charge is 0.240 e. The van der Waals surface area contributed by atoms with Gasteiger partial charge in [-0.15, -0.1) is 0 Å². The second-order valence-corrected chi connectivity index (χ2v) is 5.10. The highest BCUT2D eigenvalue weighted by Crippen LogP contribution is 2.23. The van der Waals surface area contributed by atoms with Crippen LogP contribution in [-0.2, 0) is 4.79 Å². The molecule has 0 aliphatic rings. The molecule has 2 aromatic rings. The van der Waals surface area contributed by atoms with E-state index in [0.29, 0.717) is 10.4 Å². The van der Waals surface area contributed by atoms with E-state index >= 15 is 0 Å². The third-order valence-corrected chi connectivity index (χ3v) is 3.20. The van der Waals surface area contributed by atoms with Gasteiger partial charge < -0.3 is 10.7 Å². The van der Waals surface area contributed by atoms with E-state index < -0.39 is 11.9 Å². The normalized spacial score (nSPS) is 13.1. The zero-order valence-corrected chi connectivity index (χ0v) is 11.4. The van der Waals surface area contributed by atoms with Crippen LogP contribution < -0.4 is 5.73 Å². The van der Waals surface area contributed by atoms with Crippen LogP contribution in [0.15, 0.2) is 12.1 Å². The van der Waals surface area contributed by atoms with E-state index in [1.807, 2.05) is 32.9 Å². The van der Waals surface area contributed by atoms with E-state index in [0.717, 1.165) is 11.2 Å². The Hall–Kier alpha value is -1.69. The van der Waals surface area contributed by atoms with Gasteiger partial charge in [-0.05, 0) is 37.2 Å². The lowest BCUT2D eigenvalue weighted by Crippen LogP contribution is -2.30. The van der Waals surface area contributed by atoms with Crippen LogP contribution in [0.4, 0.5) is 0 Å². The van der Waals surface area contributed by atoms with E-state index in [2.05, 4.69) is 9.97 Å². The minimum absolute atomic E-state index is 0.0514. The Bertz CT molecular complexity index is 656. The van der Waals surface area contributed by atoms with Gasteiger partial charge in [0, 0.05) is 5.69 Å². The Morgan fingerprint density at radius 3 is 2.72 bits per heavy atom. The number of hydrogen-bond donors (Lipinski definition) is 2. The number of H-pyrrole nitrogens is 1. The number of carbonyl (C=O) groups excluding carboxylic acids is 1. The van der Waals surface area contributed by atoms with Gasteiger partial charge in [-0.3, -0.25) is 9.36 Å². The third-order valence-electron chi connectivity index (χ3n) is 2.90. The summed E-state index contributed by atoms with van der Waals surface area (Å²) >= 11 is 5.27. The monoisotopic (exact) mass is 264 g/mol. The fraction of sp³-hybridized carbons (Fsp3) is 0.417. The molecule has 96 valence electrons. The first-order chi connectivity index (χ1) is 8.41. The molecule has 18 heavy (non-hydrogen) atoms. The Kier molecular flexibility index (Phi) is 3.21. The van der Waals surface area contributed by atoms with Gasteiger partial charge in [-0.2, -0.15) is 0 Å². The number of carbonyl (C=O) groups is 1. The van der Waals surface area contributed by atoms with Crippen LogP contribution in [0.25, 0.3) is 11.2 Å². The predicted octanol–water partition coefficient (Wildman–Crippen LogP) is 2.08. The van der Waals surface area contributed by atoms with Gasteiger partial charge in [0.1, 0.15) is 6.04 Å². The summed E-state index contributed by atoms with van der Waals surface area (Å²) in [4.78, 5) is 19.1. The van der Waals surface area contributed by atoms with Crippen molar-refractivity contribution in [3.63, 3.8) is 0 Å². The average molecular weight is 264 g/mol. The van der Waals surface area contributed by atoms with E-state index in [-0.39, 0.29) is 5.92 Å². The Morgan fingerprint density at radius 2 is 2.17 bits per heavy atom. The van der Waals surface area contributed by atoms with Gasteiger partial charge in [0.05, 0.1) is 5.52 Å². The number of primary amides is 1. The zero-order valence-electron chi connectivity index (χ0n) is 10.6. The maximum atomic E-state index is 11.6. The highest BCUT2D eigenvalue weighted by molar-refractivity contribution is 7.71. The molecule has 0 aliphatic heterocycles. The lowest BCUT2D eigenvalue weighted by atomic mass is 10.0. The van der Waals surface area contributed by atoms with E-state index in [4.69, 9.17) is 18.0 Å². The number of hydrogen-bond acceptors (Lipinski definition) is 3. The van der Waals surface area contributed by atoms with Gasteiger partial charge in [-0.1, -0.05) is 13.8 Å². The highest BCUT2D eigenvalue weighted by Gasteiger charge is 2.24. The number of aromatic nitrogens is 3. The van der Waals surface area contributed by atoms with Crippen molar-refractivity contribution in [2.24, 2.45) is 11.7 Å². The number of rotatable bonds is 3. The van der Waals surface area contributed by atoms with E-state index in [1.54, 1.807) is 4.57 Å². The molecule has 5 nitrogen and oxygen atoms in total. The summed E-state index contributed by atoms with van der Waals surface area (Å²) in [6.45, 7) is 5.77. The predicted molar refractivity (Wildman–Crippen MR) is 72.7 cm³/mol. The van der Waals surface area contributed by atoms with Crippen LogP contribution >= 0.6 is 12.2 Å². The molecule has 0 fully saturated rings. The Morgan fingerprint density at radius 1 is 1.50 bits per heavy atom. The zero-order chi connectivity index (χ0) is 13.4. The van der Waals surface area contributed by atoms with Crippen LogP contribution in [0.5, 0.6) is 0 Å². The molecule has 0 spiro atoms. The van der Waals surface area contributed by atoms with Crippen molar-refractivity contribution in [2.45, 2.75) is 26.8 Å². The molecule has 2 rings (SSSR count). The first kappa shape index (κ1) is 12.8. The molecule has 0 saturated heterocycles. The second kappa shape index (κ2) is 4.53. The van der Waals surface area contributed by atoms with Crippen molar-refractivity contribution in [2.75, 3.05) is 0 Å². The van der Waals surface area contributed by atoms with Crippen molar-refractivity contribution in [3.05, 3.63) is 22.6 Å². The van der Waals surface area contributed by atoms with Crippen LogP contribution in [0.3, 0.4) is 0 Å². The molecule has 2 heterocycles. The number of nitrogens with zero attached hydrogens (tertiary/aromatic N) is 2. The third kappa shape index (κ3) is 2.03. The quantitative estimate of drug-likeness (QED) is 0.833. The van der Waals surface area contributed by atoms with Gasteiger partial charge in [-0.25, -0.2) is 4.98 Å². The molecule has 0 aliphatic carbocycles. The van der Waals surface area contributed by atoms with Gasteiger partial charge >= 0.3 is 0 Å². The van der Waals surface area contributed by atoms with Crippen LogP contribution in [0.2, 0.25) is 0 Å². The Labute approximate surface area is 110 Å². The standard InChI is InChI=1S/C12H16N4OS/c1-6(2)9(10(13)17)16-11-8(15-12(16)18)5-4-7(3)14-11/h4-6,9H,1-3H3,(H2,13,17)(H,15,18). The molecule has 0 bridgehead atoms. The number of fused-ring (bicyclic) bond motifs is 1. The summed E-state index contributed by atoms with van der Waals surface area (Å²) < 4.78 is 2.19. The maximum absolute atomic E-state index is 11.6. The molecule has 1 atom stereocenters. The largest absolute Gasteiger partial charge is 0.368 e. The van der Waals surface area contributed by atoms with Crippen molar-refractivity contribution < 1.29 is 4.79 Å². The number of aromatic amines is 1. The summed E-state index contributed by atoms with van der Waals surface area (Å²) in [7, 11) is 0. The number of amides is 1. The summed E-state index contributed by atoms with van der Waals surface area (Å²) in [6, 6.07) is 3.31. The van der Waals surface area contributed by atoms with Crippen LogP contribution in [-0.4, -0.2) is 20.4 Å². The molecule has 6 heteroatoms. The molecule has 0 aromatic carbocycles. The number of imidazole rings is 1. The molecule has 2 aromatic heterocycles. The fourth-order valence-corrected chi connectivity index (χ4v) is 2.42. The van der Waals surface area contributed by atoms with Gasteiger partial charge in [0.15, 0.2) is 10.4 Å². The molecule has 0 saturated carbocycles. The minimum atomic E-state index is -0.486. The van der Waals surface area contributed by atoms with Crippen molar-refractivity contribution in [1.82, 2.24) is 14.5 Å².